The third-order valence-corrected chi connectivity index (χ3v) is 11.5. The van der Waals surface area contributed by atoms with Crippen LogP contribution in [0.4, 0.5) is 16.2 Å². The Hall–Kier alpha value is -7.54. The van der Waals surface area contributed by atoms with Crippen LogP contribution in [0.1, 0.15) is 49.8 Å². The number of fused-ring (bicyclic) bond motifs is 3. The molecule has 13 heteroatoms. The molecule has 2 fully saturated rings. The zero-order valence-corrected chi connectivity index (χ0v) is 35.0. The van der Waals surface area contributed by atoms with E-state index < -0.39 is 0 Å². The molecule has 2 saturated carbocycles. The normalized spacial score (nSPS) is 16.9. The van der Waals surface area contributed by atoms with Crippen LogP contribution in [0.25, 0.3) is 27.6 Å². The van der Waals surface area contributed by atoms with Gasteiger partial charge in [-0.2, -0.15) is 0 Å². The number of hydrogen-bond donors (Lipinski definition) is 3. The molecular weight excluding hydrogens is 795 g/mol. The molecule has 4 aromatic carbocycles. The lowest BCUT2D eigenvalue weighted by molar-refractivity contribution is -0.123. The van der Waals surface area contributed by atoms with Gasteiger partial charge in [0.1, 0.15) is 17.0 Å². The number of allylic oxidation sites excluding steroid dienone is 2. The van der Waals surface area contributed by atoms with Gasteiger partial charge in [-0.3, -0.25) is 19.0 Å². The Balaban J connectivity index is 0.000000189. The SMILES string of the molecule is COC1=C(OC2CCCCC2)C=C(C(=O)CN(C=O)/C=C\N)C2CC12.O=C(Nc1cccc(-n2c(=O)c(Cc3ccccc3)nc3cccnc32)c1)Nc1cccc2ccccc12. The minimum absolute atomic E-state index is 0.00865. The molecule has 6 aromatic rings. The number of ketones is 1. The van der Waals surface area contributed by atoms with Crippen molar-refractivity contribution in [2.45, 2.75) is 51.0 Å². The molecular formula is C50H49N7O6. The van der Waals surface area contributed by atoms with Crippen LogP contribution in [-0.4, -0.2) is 57.4 Å². The number of hydrogen-bond acceptors (Lipinski definition) is 9. The van der Waals surface area contributed by atoms with Gasteiger partial charge in [-0.05, 0) is 91.4 Å². The first kappa shape index (κ1) is 42.2. The van der Waals surface area contributed by atoms with E-state index in [2.05, 4.69) is 20.6 Å². The molecule has 2 atom stereocenters. The highest BCUT2D eigenvalue weighted by molar-refractivity contribution is 6.06. The Morgan fingerprint density at radius 2 is 1.68 bits per heavy atom. The predicted molar refractivity (Wildman–Crippen MR) is 244 cm³/mol. The Bertz CT molecular complexity index is 2790. The molecule has 13 nitrogen and oxygen atoms in total. The number of nitrogens with one attached hydrogen (secondary N) is 2. The van der Waals surface area contributed by atoms with Crippen LogP contribution in [0.2, 0.25) is 0 Å². The molecule has 3 aliphatic rings. The second kappa shape index (κ2) is 19.4. The average molecular weight is 844 g/mol. The van der Waals surface area contributed by atoms with E-state index in [1.54, 1.807) is 42.1 Å². The van der Waals surface area contributed by atoms with E-state index in [1.807, 2.05) is 91.0 Å². The highest BCUT2D eigenvalue weighted by Gasteiger charge is 2.50. The number of amides is 3. The average Bonchev–Trinajstić information content (AvgIpc) is 4.11. The largest absolute Gasteiger partial charge is 0.497 e. The van der Waals surface area contributed by atoms with Crippen molar-refractivity contribution in [1.82, 2.24) is 19.4 Å². The van der Waals surface area contributed by atoms with E-state index in [0.29, 0.717) is 52.5 Å². The number of ether oxygens (including phenoxy) is 2. The molecule has 320 valence electrons. The topological polar surface area (TPSA) is 171 Å². The zero-order chi connectivity index (χ0) is 43.7. The predicted octanol–water partition coefficient (Wildman–Crippen LogP) is 8.40. The highest BCUT2D eigenvalue weighted by Crippen LogP contribution is 2.53. The van der Waals surface area contributed by atoms with E-state index in [-0.39, 0.29) is 41.9 Å². The molecule has 0 aliphatic heterocycles. The number of methoxy groups -OCH3 is 1. The lowest BCUT2D eigenvalue weighted by atomic mass is 9.96. The fraction of sp³-hybridized carbons (Fsp3) is 0.240. The van der Waals surface area contributed by atoms with Gasteiger partial charge in [0.15, 0.2) is 17.2 Å². The molecule has 2 aromatic heterocycles. The highest BCUT2D eigenvalue weighted by atomic mass is 16.5. The lowest BCUT2D eigenvalue weighted by Gasteiger charge is -2.26. The van der Waals surface area contributed by atoms with E-state index in [0.717, 1.165) is 46.9 Å². The van der Waals surface area contributed by atoms with Gasteiger partial charge in [0.2, 0.25) is 6.41 Å². The van der Waals surface area contributed by atoms with E-state index in [9.17, 15) is 19.2 Å². The second-order valence-corrected chi connectivity index (χ2v) is 15.8. The van der Waals surface area contributed by atoms with Gasteiger partial charge in [0.25, 0.3) is 5.56 Å². The van der Waals surface area contributed by atoms with Gasteiger partial charge >= 0.3 is 6.03 Å². The van der Waals surface area contributed by atoms with E-state index >= 15 is 0 Å². The van der Waals surface area contributed by atoms with Crippen LogP contribution < -0.4 is 21.9 Å². The quantitative estimate of drug-likeness (QED) is 0.0967. The summed E-state index contributed by atoms with van der Waals surface area (Å²) in [6, 6.07) is 33.8. The number of Topliss-reactive ketones (excluding diaryl/α,β-unsaturated/α-hetero) is 1. The summed E-state index contributed by atoms with van der Waals surface area (Å²) in [6.45, 7) is -0.00865. The van der Waals surface area contributed by atoms with Crippen molar-refractivity contribution in [3.8, 4) is 5.69 Å². The molecule has 0 bridgehead atoms. The van der Waals surface area contributed by atoms with Gasteiger partial charge in [0, 0.05) is 47.6 Å². The van der Waals surface area contributed by atoms with Gasteiger partial charge in [0.05, 0.1) is 31.1 Å². The van der Waals surface area contributed by atoms with Gasteiger partial charge in [-0.15, -0.1) is 0 Å². The summed E-state index contributed by atoms with van der Waals surface area (Å²) in [5.41, 5.74) is 10.1. The Morgan fingerprint density at radius 1 is 0.905 bits per heavy atom. The van der Waals surface area contributed by atoms with Crippen molar-refractivity contribution in [3.63, 3.8) is 0 Å². The number of carbonyl (C=O) groups excluding carboxylic acids is 3. The Morgan fingerprint density at radius 3 is 2.48 bits per heavy atom. The number of anilines is 2. The maximum Gasteiger partial charge on any atom is 0.323 e. The van der Waals surface area contributed by atoms with Crippen molar-refractivity contribution in [2.75, 3.05) is 24.3 Å². The second-order valence-electron chi connectivity index (χ2n) is 15.8. The summed E-state index contributed by atoms with van der Waals surface area (Å²) in [6.07, 6.45) is 13.9. The number of benzene rings is 4. The smallest absolute Gasteiger partial charge is 0.323 e. The monoisotopic (exact) mass is 843 g/mol. The number of carbonyl (C=O) groups is 3. The van der Waals surface area contributed by atoms with Gasteiger partial charge in [-0.25, -0.2) is 14.8 Å². The summed E-state index contributed by atoms with van der Waals surface area (Å²) >= 11 is 0. The third kappa shape index (κ3) is 9.83. The minimum atomic E-state index is -0.381. The zero-order valence-electron chi connectivity index (χ0n) is 35.0. The number of rotatable bonds is 13. The van der Waals surface area contributed by atoms with Crippen LogP contribution in [-0.2, 0) is 25.5 Å². The summed E-state index contributed by atoms with van der Waals surface area (Å²) in [5, 5.41) is 7.80. The van der Waals surface area contributed by atoms with Crippen molar-refractivity contribution in [2.24, 2.45) is 17.6 Å². The number of pyridine rings is 1. The van der Waals surface area contributed by atoms with Crippen molar-refractivity contribution >= 4 is 51.5 Å². The first-order valence-corrected chi connectivity index (χ1v) is 21.2. The molecule has 3 amide bonds. The van der Waals surface area contributed by atoms with Gasteiger partial charge < -0.3 is 30.7 Å². The summed E-state index contributed by atoms with van der Waals surface area (Å²) in [4.78, 5) is 60.5. The first-order valence-electron chi connectivity index (χ1n) is 21.2. The molecule has 2 unspecified atom stereocenters. The summed E-state index contributed by atoms with van der Waals surface area (Å²) in [5.74, 6) is 1.89. The number of nitrogens with two attached hydrogens (primary N) is 1. The number of nitrogens with zero attached hydrogens (tertiary/aromatic N) is 4. The molecule has 4 N–H and O–H groups in total. The molecule has 0 radical (unpaired) electrons. The molecule has 2 heterocycles. The summed E-state index contributed by atoms with van der Waals surface area (Å²) < 4.78 is 13.3. The fourth-order valence-electron chi connectivity index (χ4n) is 8.37. The van der Waals surface area contributed by atoms with E-state index in [4.69, 9.17) is 15.2 Å². The fourth-order valence-corrected chi connectivity index (χ4v) is 8.37. The molecule has 0 spiro atoms. The molecule has 3 aliphatic carbocycles. The number of aromatic nitrogens is 3. The number of urea groups is 1. The van der Waals surface area contributed by atoms with Crippen molar-refractivity contribution < 1.29 is 23.9 Å². The summed E-state index contributed by atoms with van der Waals surface area (Å²) in [7, 11) is 1.66. The molecule has 9 rings (SSSR count). The maximum atomic E-state index is 13.6. The van der Waals surface area contributed by atoms with Crippen molar-refractivity contribution in [3.05, 3.63) is 173 Å². The Kier molecular flexibility index (Phi) is 13.0. The first-order chi connectivity index (χ1) is 30.8. The lowest BCUT2D eigenvalue weighted by Crippen LogP contribution is -2.27. The Labute approximate surface area is 364 Å². The standard InChI is InChI=1S/C31H23N5O2.C19H26N2O4/c37-30-28(19-21-9-2-1-3-10-21)34-27-17-8-18-32-29(27)36(30)24-14-7-13-23(20-24)33-31(38)35-26-16-6-12-22-11-4-5-15-25(22)26;1-24-19-16-9-14(16)15(17(23)11-21(12-22)8-7-20)10-18(19)25-13-5-3-2-4-6-13/h1-18,20H,19H2,(H2,33,35,38);7-8,10,12-14,16H,2-6,9,11,20H2,1H3/b;8-7-. The third-order valence-electron chi connectivity index (χ3n) is 11.5. The van der Waals surface area contributed by atoms with Crippen molar-refractivity contribution in [1.29, 1.82) is 0 Å². The minimum Gasteiger partial charge on any atom is -0.497 e. The van der Waals surface area contributed by atoms with Crippen LogP contribution in [0, 0.1) is 11.8 Å². The maximum absolute atomic E-state index is 13.6. The molecule has 0 saturated heterocycles. The van der Waals surface area contributed by atoms with Crippen LogP contribution in [0.5, 0.6) is 0 Å². The molecule has 63 heavy (non-hydrogen) atoms. The van der Waals surface area contributed by atoms with Crippen LogP contribution in [0.15, 0.2) is 156 Å². The van der Waals surface area contributed by atoms with Crippen LogP contribution in [0.3, 0.4) is 0 Å². The van der Waals surface area contributed by atoms with E-state index in [1.165, 1.54) is 36.6 Å². The van der Waals surface area contributed by atoms with Gasteiger partial charge in [-0.1, -0.05) is 79.2 Å². The van der Waals surface area contributed by atoms with Crippen LogP contribution >= 0.6 is 0 Å².